The molecular formula is C14H18Cl2FNO. The highest BCUT2D eigenvalue weighted by Gasteiger charge is 2.49. The summed E-state index contributed by atoms with van der Waals surface area (Å²) in [6, 6.07) is 2.74. The summed E-state index contributed by atoms with van der Waals surface area (Å²) in [6.45, 7) is 6.98. The zero-order valence-electron chi connectivity index (χ0n) is 11.3. The first-order chi connectivity index (χ1) is 8.86. The van der Waals surface area contributed by atoms with Crippen molar-refractivity contribution in [1.82, 2.24) is 0 Å². The topological polar surface area (TPSA) is 21.3 Å². The molecule has 1 aromatic carbocycles. The number of hydrogen-bond donors (Lipinski definition) is 1. The minimum Gasteiger partial charge on any atom is -0.379 e. The molecule has 1 fully saturated rings. The van der Waals surface area contributed by atoms with E-state index in [1.165, 1.54) is 12.1 Å². The first kappa shape index (κ1) is 14.9. The molecular weight excluding hydrogens is 288 g/mol. The summed E-state index contributed by atoms with van der Waals surface area (Å²) in [5.41, 5.74) is 0.592. The lowest BCUT2D eigenvalue weighted by Crippen LogP contribution is -2.58. The summed E-state index contributed by atoms with van der Waals surface area (Å²) >= 11 is 12.1. The van der Waals surface area contributed by atoms with Crippen LogP contribution in [0.4, 0.5) is 10.1 Å². The van der Waals surface area contributed by atoms with Crippen molar-refractivity contribution in [3.05, 3.63) is 28.0 Å². The zero-order chi connectivity index (χ0) is 14.2. The number of benzene rings is 1. The Morgan fingerprint density at radius 3 is 2.42 bits per heavy atom. The van der Waals surface area contributed by atoms with Crippen LogP contribution in [0.3, 0.4) is 0 Å². The predicted octanol–water partition coefficient (Wildman–Crippen LogP) is 4.75. The van der Waals surface area contributed by atoms with Crippen LogP contribution < -0.4 is 5.32 Å². The van der Waals surface area contributed by atoms with Crippen LogP contribution in [-0.4, -0.2) is 18.8 Å². The van der Waals surface area contributed by atoms with Crippen molar-refractivity contribution in [2.45, 2.75) is 39.3 Å². The van der Waals surface area contributed by atoms with Gasteiger partial charge in [-0.15, -0.1) is 0 Å². The maximum atomic E-state index is 13.1. The molecule has 2 rings (SSSR count). The fraction of sp³-hybridized carbons (Fsp3) is 0.571. The molecule has 0 radical (unpaired) electrons. The van der Waals surface area contributed by atoms with E-state index in [0.29, 0.717) is 22.3 Å². The number of nitrogens with one attached hydrogen (secondary N) is 1. The van der Waals surface area contributed by atoms with Crippen LogP contribution in [0.15, 0.2) is 12.1 Å². The van der Waals surface area contributed by atoms with Crippen LogP contribution in [0.25, 0.3) is 0 Å². The standard InChI is InChI=1S/C14H18Cl2FNO/c1-4-19-12-7-11(14(12,2)3)18-13-9(15)5-8(17)6-10(13)16/h5-6,11-12,18H,4,7H2,1-3H3. The monoisotopic (exact) mass is 305 g/mol. The second kappa shape index (κ2) is 5.47. The normalized spacial score (nSPS) is 24.9. The van der Waals surface area contributed by atoms with Gasteiger partial charge >= 0.3 is 0 Å². The van der Waals surface area contributed by atoms with Crippen molar-refractivity contribution >= 4 is 28.9 Å². The van der Waals surface area contributed by atoms with Gasteiger partial charge in [-0.1, -0.05) is 37.0 Å². The molecule has 0 heterocycles. The Morgan fingerprint density at radius 1 is 1.37 bits per heavy atom. The predicted molar refractivity (Wildman–Crippen MR) is 77.6 cm³/mol. The second-order valence-corrected chi connectivity index (χ2v) is 6.26. The molecule has 106 valence electrons. The molecule has 2 atom stereocenters. The number of hydrogen-bond acceptors (Lipinski definition) is 2. The number of anilines is 1. The van der Waals surface area contributed by atoms with Crippen LogP contribution >= 0.6 is 23.2 Å². The van der Waals surface area contributed by atoms with Gasteiger partial charge in [0.25, 0.3) is 0 Å². The summed E-state index contributed by atoms with van der Waals surface area (Å²) in [5.74, 6) is -0.430. The molecule has 1 aliphatic rings. The van der Waals surface area contributed by atoms with Gasteiger partial charge in [0.1, 0.15) is 5.82 Å². The van der Waals surface area contributed by atoms with Crippen molar-refractivity contribution in [1.29, 1.82) is 0 Å². The molecule has 1 aliphatic carbocycles. The summed E-state index contributed by atoms with van der Waals surface area (Å²) in [4.78, 5) is 0. The smallest absolute Gasteiger partial charge is 0.126 e. The first-order valence-corrected chi connectivity index (χ1v) is 7.14. The molecule has 0 aromatic heterocycles. The Morgan fingerprint density at radius 2 is 1.95 bits per heavy atom. The number of rotatable bonds is 4. The molecule has 1 saturated carbocycles. The average molecular weight is 306 g/mol. The van der Waals surface area contributed by atoms with Gasteiger partial charge in [0.2, 0.25) is 0 Å². The van der Waals surface area contributed by atoms with Crippen LogP contribution in [0, 0.1) is 11.2 Å². The third-order valence-corrected chi connectivity index (χ3v) is 4.47. The lowest BCUT2D eigenvalue weighted by molar-refractivity contribution is -0.0975. The highest BCUT2D eigenvalue weighted by Crippen LogP contribution is 2.46. The lowest BCUT2D eigenvalue weighted by atomic mass is 9.64. The third kappa shape index (κ3) is 2.83. The van der Waals surface area contributed by atoms with Crippen molar-refractivity contribution in [2.75, 3.05) is 11.9 Å². The fourth-order valence-electron chi connectivity index (χ4n) is 2.47. The molecule has 0 saturated heterocycles. The minimum atomic E-state index is -0.430. The summed E-state index contributed by atoms with van der Waals surface area (Å²) in [7, 11) is 0. The molecule has 5 heteroatoms. The van der Waals surface area contributed by atoms with Gasteiger partial charge in [-0.2, -0.15) is 0 Å². The fourth-order valence-corrected chi connectivity index (χ4v) is 3.04. The van der Waals surface area contributed by atoms with Gasteiger partial charge in [-0.05, 0) is 25.5 Å². The Bertz CT molecular complexity index is 456. The summed E-state index contributed by atoms with van der Waals surface area (Å²) in [6.07, 6.45) is 1.12. The van der Waals surface area contributed by atoms with Gasteiger partial charge in [0.05, 0.1) is 21.8 Å². The maximum Gasteiger partial charge on any atom is 0.126 e. The van der Waals surface area contributed by atoms with Crippen LogP contribution in [0.1, 0.15) is 27.2 Å². The summed E-state index contributed by atoms with van der Waals surface area (Å²) in [5, 5.41) is 3.92. The molecule has 2 unspecified atom stereocenters. The van der Waals surface area contributed by atoms with Gasteiger partial charge in [-0.3, -0.25) is 0 Å². The quantitative estimate of drug-likeness (QED) is 0.867. The highest BCUT2D eigenvalue weighted by atomic mass is 35.5. The molecule has 0 aliphatic heterocycles. The van der Waals surface area contributed by atoms with E-state index in [9.17, 15) is 4.39 Å². The van der Waals surface area contributed by atoms with E-state index in [1.807, 2.05) is 6.92 Å². The highest BCUT2D eigenvalue weighted by molar-refractivity contribution is 6.39. The largest absolute Gasteiger partial charge is 0.379 e. The Kier molecular flexibility index (Phi) is 4.29. The number of halogens is 3. The van der Waals surface area contributed by atoms with E-state index in [-0.39, 0.29) is 17.6 Å². The van der Waals surface area contributed by atoms with E-state index < -0.39 is 5.82 Å². The van der Waals surface area contributed by atoms with Gasteiger partial charge < -0.3 is 10.1 Å². The summed E-state index contributed by atoms with van der Waals surface area (Å²) < 4.78 is 18.8. The van der Waals surface area contributed by atoms with Crippen molar-refractivity contribution in [2.24, 2.45) is 5.41 Å². The lowest BCUT2D eigenvalue weighted by Gasteiger charge is -2.52. The van der Waals surface area contributed by atoms with E-state index >= 15 is 0 Å². The van der Waals surface area contributed by atoms with Crippen LogP contribution in [-0.2, 0) is 4.74 Å². The SMILES string of the molecule is CCOC1CC(Nc2c(Cl)cc(F)cc2Cl)C1(C)C. The van der Waals surface area contributed by atoms with E-state index in [4.69, 9.17) is 27.9 Å². The number of ether oxygens (including phenoxy) is 1. The second-order valence-electron chi connectivity index (χ2n) is 5.44. The molecule has 1 N–H and O–H groups in total. The third-order valence-electron chi connectivity index (χ3n) is 3.87. The van der Waals surface area contributed by atoms with E-state index in [1.54, 1.807) is 0 Å². The van der Waals surface area contributed by atoms with Crippen molar-refractivity contribution in [3.63, 3.8) is 0 Å². The zero-order valence-corrected chi connectivity index (χ0v) is 12.8. The Balaban J connectivity index is 2.12. The molecule has 0 amide bonds. The van der Waals surface area contributed by atoms with Crippen molar-refractivity contribution in [3.8, 4) is 0 Å². The molecule has 0 spiro atoms. The average Bonchev–Trinajstić information content (AvgIpc) is 2.30. The van der Waals surface area contributed by atoms with Gasteiger partial charge in [0.15, 0.2) is 0 Å². The molecule has 1 aromatic rings. The van der Waals surface area contributed by atoms with E-state index in [2.05, 4.69) is 19.2 Å². The molecule has 2 nitrogen and oxygen atoms in total. The maximum absolute atomic E-state index is 13.1. The Labute approximate surface area is 123 Å². The van der Waals surface area contributed by atoms with Gasteiger partial charge in [0, 0.05) is 18.1 Å². The first-order valence-electron chi connectivity index (χ1n) is 6.39. The van der Waals surface area contributed by atoms with Crippen molar-refractivity contribution < 1.29 is 9.13 Å². The van der Waals surface area contributed by atoms with Gasteiger partial charge in [-0.25, -0.2) is 4.39 Å². The van der Waals surface area contributed by atoms with Crippen LogP contribution in [0.2, 0.25) is 10.0 Å². The Hall–Kier alpha value is -0.510. The van der Waals surface area contributed by atoms with E-state index in [0.717, 1.165) is 6.42 Å². The van der Waals surface area contributed by atoms with Crippen LogP contribution in [0.5, 0.6) is 0 Å². The molecule has 0 bridgehead atoms. The minimum absolute atomic E-state index is 0.00292. The molecule has 19 heavy (non-hydrogen) atoms.